The van der Waals surface area contributed by atoms with E-state index in [4.69, 9.17) is 15.6 Å². The maximum Gasteiger partial charge on any atom is 0.363 e. The van der Waals surface area contributed by atoms with Crippen LogP contribution in [0.25, 0.3) is 0 Å². The third-order valence-corrected chi connectivity index (χ3v) is 3.32. The minimum Gasteiger partial charge on any atom is -0.458 e. The van der Waals surface area contributed by atoms with Crippen molar-refractivity contribution in [2.45, 2.75) is 51.2 Å². The van der Waals surface area contributed by atoms with Gasteiger partial charge in [-0.25, -0.2) is 9.48 Å². The molecular weight excluding hydrogens is 248 g/mol. The van der Waals surface area contributed by atoms with Crippen LogP contribution < -0.4 is 5.73 Å². The highest BCUT2D eigenvalue weighted by molar-refractivity contribution is 5.91. The first-order chi connectivity index (χ1) is 9.22. The summed E-state index contributed by atoms with van der Waals surface area (Å²) in [6.45, 7) is 0.479. The molecular formula is C12H20N4O3. The van der Waals surface area contributed by atoms with Crippen molar-refractivity contribution in [1.82, 2.24) is 15.0 Å². The van der Waals surface area contributed by atoms with Gasteiger partial charge in [0.2, 0.25) is 5.69 Å². The maximum atomic E-state index is 12.0. The van der Waals surface area contributed by atoms with Crippen molar-refractivity contribution in [2.75, 3.05) is 12.3 Å². The molecule has 1 aliphatic rings. The molecule has 0 unspecified atom stereocenters. The summed E-state index contributed by atoms with van der Waals surface area (Å²) in [7, 11) is 0. The van der Waals surface area contributed by atoms with Gasteiger partial charge in [-0.05, 0) is 32.1 Å². The van der Waals surface area contributed by atoms with Crippen LogP contribution in [0.15, 0.2) is 0 Å². The van der Waals surface area contributed by atoms with Crippen molar-refractivity contribution in [2.24, 2.45) is 0 Å². The number of rotatable bonds is 5. The zero-order chi connectivity index (χ0) is 13.7. The molecule has 7 nitrogen and oxygen atoms in total. The number of nitrogen functional groups attached to an aromatic ring is 1. The smallest absolute Gasteiger partial charge is 0.363 e. The van der Waals surface area contributed by atoms with Crippen LogP contribution in [0, 0.1) is 0 Å². The zero-order valence-electron chi connectivity index (χ0n) is 10.9. The second-order valence-corrected chi connectivity index (χ2v) is 4.79. The molecule has 0 atom stereocenters. The van der Waals surface area contributed by atoms with E-state index in [0.29, 0.717) is 13.0 Å². The quantitative estimate of drug-likeness (QED) is 0.763. The molecule has 7 heteroatoms. The van der Waals surface area contributed by atoms with Gasteiger partial charge in [0.15, 0.2) is 5.82 Å². The van der Waals surface area contributed by atoms with Crippen LogP contribution >= 0.6 is 0 Å². The summed E-state index contributed by atoms with van der Waals surface area (Å²) in [4.78, 5) is 12.0. The molecule has 3 N–H and O–H groups in total. The standard InChI is InChI=1S/C12H20N4O3/c13-11-10(14-15-16(11)7-4-8-17)12(18)19-9-5-2-1-3-6-9/h9,17H,1-8,13H2. The van der Waals surface area contributed by atoms with E-state index in [2.05, 4.69) is 10.3 Å². The van der Waals surface area contributed by atoms with Gasteiger partial charge in [0.25, 0.3) is 0 Å². The van der Waals surface area contributed by atoms with Crippen molar-refractivity contribution in [1.29, 1.82) is 0 Å². The second kappa shape index (κ2) is 6.51. The lowest BCUT2D eigenvalue weighted by molar-refractivity contribution is 0.0205. The lowest BCUT2D eigenvalue weighted by Gasteiger charge is -2.21. The number of aliphatic hydroxyl groups excluding tert-OH is 1. The number of aliphatic hydroxyl groups is 1. The maximum absolute atomic E-state index is 12.0. The predicted molar refractivity (Wildman–Crippen MR) is 68.4 cm³/mol. The first-order valence-corrected chi connectivity index (χ1v) is 6.73. The number of carbonyl (C=O) groups excluding carboxylic acids is 1. The highest BCUT2D eigenvalue weighted by atomic mass is 16.5. The summed E-state index contributed by atoms with van der Waals surface area (Å²) < 4.78 is 6.80. The number of nitrogens with two attached hydrogens (primary N) is 1. The molecule has 1 aromatic heterocycles. The molecule has 0 spiro atoms. The molecule has 1 fully saturated rings. The van der Waals surface area contributed by atoms with Gasteiger partial charge >= 0.3 is 5.97 Å². The van der Waals surface area contributed by atoms with Crippen molar-refractivity contribution >= 4 is 11.8 Å². The highest BCUT2D eigenvalue weighted by Crippen LogP contribution is 2.22. The Hall–Kier alpha value is -1.63. The Balaban J connectivity index is 1.96. The van der Waals surface area contributed by atoms with E-state index in [9.17, 15) is 4.79 Å². The fourth-order valence-corrected chi connectivity index (χ4v) is 2.24. The molecule has 0 aliphatic heterocycles. The van der Waals surface area contributed by atoms with Crippen molar-refractivity contribution < 1.29 is 14.6 Å². The summed E-state index contributed by atoms with van der Waals surface area (Å²) in [5, 5.41) is 16.3. The number of hydrogen-bond acceptors (Lipinski definition) is 6. The Kier molecular flexibility index (Phi) is 4.73. The summed E-state index contributed by atoms with van der Waals surface area (Å²) in [6.07, 6.45) is 5.70. The molecule has 1 aromatic rings. The molecule has 0 bridgehead atoms. The fraction of sp³-hybridized carbons (Fsp3) is 0.750. The van der Waals surface area contributed by atoms with Gasteiger partial charge in [-0.15, -0.1) is 5.10 Å². The van der Waals surface area contributed by atoms with E-state index < -0.39 is 5.97 Å². The Morgan fingerprint density at radius 1 is 1.42 bits per heavy atom. The third-order valence-electron chi connectivity index (χ3n) is 3.32. The van der Waals surface area contributed by atoms with E-state index >= 15 is 0 Å². The van der Waals surface area contributed by atoms with E-state index in [1.807, 2.05) is 0 Å². The molecule has 19 heavy (non-hydrogen) atoms. The Labute approximate surface area is 111 Å². The van der Waals surface area contributed by atoms with E-state index in [0.717, 1.165) is 25.7 Å². The number of hydrogen-bond donors (Lipinski definition) is 2. The monoisotopic (exact) mass is 268 g/mol. The second-order valence-electron chi connectivity index (χ2n) is 4.79. The number of anilines is 1. The SMILES string of the molecule is Nc1c(C(=O)OC2CCCCC2)nnn1CCCO. The van der Waals surface area contributed by atoms with Gasteiger partial charge in [0.05, 0.1) is 0 Å². The van der Waals surface area contributed by atoms with Gasteiger partial charge in [-0.3, -0.25) is 0 Å². The summed E-state index contributed by atoms with van der Waals surface area (Å²) in [5.41, 5.74) is 5.88. The molecule has 106 valence electrons. The molecule has 0 radical (unpaired) electrons. The van der Waals surface area contributed by atoms with Gasteiger partial charge < -0.3 is 15.6 Å². The molecule has 0 saturated heterocycles. The molecule has 0 amide bonds. The van der Waals surface area contributed by atoms with Gasteiger partial charge in [0.1, 0.15) is 6.10 Å². The number of aromatic nitrogens is 3. The predicted octanol–water partition coefficient (Wildman–Crippen LogP) is 0.732. The largest absolute Gasteiger partial charge is 0.458 e. The number of nitrogens with zero attached hydrogens (tertiary/aromatic N) is 3. The van der Waals surface area contributed by atoms with Crippen LogP contribution in [-0.4, -0.2) is 38.8 Å². The number of ether oxygens (including phenoxy) is 1. The normalized spacial score (nSPS) is 16.5. The van der Waals surface area contributed by atoms with Crippen LogP contribution in [0.1, 0.15) is 49.0 Å². The highest BCUT2D eigenvalue weighted by Gasteiger charge is 2.23. The Morgan fingerprint density at radius 3 is 2.84 bits per heavy atom. The Bertz CT molecular complexity index is 427. The van der Waals surface area contributed by atoms with Crippen LogP contribution in [0.5, 0.6) is 0 Å². The number of esters is 1. The number of aryl methyl sites for hydroxylation is 1. The van der Waals surface area contributed by atoms with Gasteiger partial charge in [-0.1, -0.05) is 11.6 Å². The Morgan fingerprint density at radius 2 is 2.16 bits per heavy atom. The lowest BCUT2D eigenvalue weighted by Crippen LogP contribution is -2.22. The van der Waals surface area contributed by atoms with E-state index in [1.165, 1.54) is 11.1 Å². The first-order valence-electron chi connectivity index (χ1n) is 6.73. The average molecular weight is 268 g/mol. The van der Waals surface area contributed by atoms with Gasteiger partial charge in [0, 0.05) is 13.2 Å². The molecule has 0 aromatic carbocycles. The molecule has 1 aliphatic carbocycles. The van der Waals surface area contributed by atoms with Crippen molar-refractivity contribution in [3.8, 4) is 0 Å². The molecule has 2 rings (SSSR count). The van der Waals surface area contributed by atoms with E-state index in [-0.39, 0.29) is 24.2 Å². The van der Waals surface area contributed by atoms with Crippen LogP contribution in [-0.2, 0) is 11.3 Å². The summed E-state index contributed by atoms with van der Waals surface area (Å²) >= 11 is 0. The average Bonchev–Trinajstić information content (AvgIpc) is 2.79. The fourth-order valence-electron chi connectivity index (χ4n) is 2.24. The number of carbonyl (C=O) groups is 1. The minimum atomic E-state index is -0.500. The molecule has 1 saturated carbocycles. The summed E-state index contributed by atoms with van der Waals surface area (Å²) in [6, 6.07) is 0. The lowest BCUT2D eigenvalue weighted by atomic mass is 9.98. The first kappa shape index (κ1) is 13.8. The third kappa shape index (κ3) is 3.44. The van der Waals surface area contributed by atoms with Crippen LogP contribution in [0.3, 0.4) is 0 Å². The molecule has 1 heterocycles. The van der Waals surface area contributed by atoms with Gasteiger partial charge in [-0.2, -0.15) is 0 Å². The van der Waals surface area contributed by atoms with Crippen molar-refractivity contribution in [3.05, 3.63) is 5.69 Å². The van der Waals surface area contributed by atoms with Crippen LogP contribution in [0.2, 0.25) is 0 Å². The topological polar surface area (TPSA) is 103 Å². The minimum absolute atomic E-state index is 0.0248. The zero-order valence-corrected chi connectivity index (χ0v) is 10.9. The van der Waals surface area contributed by atoms with Crippen LogP contribution in [0.4, 0.5) is 5.82 Å². The summed E-state index contributed by atoms with van der Waals surface area (Å²) in [5.74, 6) is -0.297. The van der Waals surface area contributed by atoms with Crippen molar-refractivity contribution in [3.63, 3.8) is 0 Å². The van der Waals surface area contributed by atoms with E-state index in [1.54, 1.807) is 0 Å².